The van der Waals surface area contributed by atoms with Crippen molar-refractivity contribution < 1.29 is 24.5 Å². The highest BCUT2D eigenvalue weighted by Gasteiger charge is 2.24. The van der Waals surface area contributed by atoms with Crippen LogP contribution in [0.15, 0.2) is 42.0 Å². The number of aromatic nitrogens is 1. The Morgan fingerprint density at radius 3 is 2.21 bits per heavy atom. The van der Waals surface area contributed by atoms with Crippen molar-refractivity contribution in [1.82, 2.24) is 4.98 Å². The molecule has 0 fully saturated rings. The molecule has 186 valence electrons. The van der Waals surface area contributed by atoms with E-state index in [1.54, 1.807) is 25.3 Å². The highest BCUT2D eigenvalue weighted by Crippen LogP contribution is 2.30. The number of carbonyl (C=O) groups is 1. The molecule has 0 radical (unpaired) electrons. The Hall–Kier alpha value is -2.86. The summed E-state index contributed by atoms with van der Waals surface area (Å²) in [6, 6.07) is 11.7. The first-order chi connectivity index (χ1) is 16.2. The van der Waals surface area contributed by atoms with Crippen LogP contribution in [0.2, 0.25) is 0 Å². The summed E-state index contributed by atoms with van der Waals surface area (Å²) in [5.41, 5.74) is 1.96. The van der Waals surface area contributed by atoms with Crippen LogP contribution in [0.3, 0.4) is 0 Å². The number of aliphatic hydroxyl groups is 1. The number of ether oxygens (including phenoxy) is 2. The summed E-state index contributed by atoms with van der Waals surface area (Å²) in [6.45, 7) is 5.88. The Morgan fingerprint density at radius 2 is 1.62 bits per heavy atom. The molecule has 6 nitrogen and oxygen atoms in total. The number of benzene rings is 1. The number of hydrogen-bond acceptors (Lipinski definition) is 5. The highest BCUT2D eigenvalue weighted by atomic mass is 16.5. The molecule has 0 saturated carbocycles. The van der Waals surface area contributed by atoms with E-state index in [2.05, 4.69) is 17.1 Å². The number of aryl methyl sites for hydroxylation is 1. The Balaban J connectivity index is 1.77. The Morgan fingerprint density at radius 1 is 0.971 bits per heavy atom. The molecule has 0 unspecified atom stereocenters. The van der Waals surface area contributed by atoms with Gasteiger partial charge < -0.3 is 19.7 Å². The van der Waals surface area contributed by atoms with Gasteiger partial charge in [0, 0.05) is 5.57 Å². The number of hydrogen-bond donors (Lipinski definition) is 2. The number of aliphatic hydroxyl groups excluding tert-OH is 1. The minimum Gasteiger partial charge on any atom is -0.497 e. The van der Waals surface area contributed by atoms with Crippen LogP contribution in [-0.2, 0) is 17.8 Å². The van der Waals surface area contributed by atoms with E-state index in [1.165, 1.54) is 24.8 Å². The van der Waals surface area contributed by atoms with E-state index >= 15 is 0 Å². The SMILES string of the molecule is COc1ccc(CCCCCCCCOc2ccc(CO)nc2C=C(C(=O)O)C(C)(C)C)cc1. The molecule has 1 heterocycles. The molecule has 2 N–H and O–H groups in total. The van der Waals surface area contributed by atoms with E-state index in [-0.39, 0.29) is 12.2 Å². The van der Waals surface area contributed by atoms with Crippen molar-refractivity contribution in [2.45, 2.75) is 72.3 Å². The first-order valence-corrected chi connectivity index (χ1v) is 12.1. The molecule has 0 saturated heterocycles. The lowest BCUT2D eigenvalue weighted by Crippen LogP contribution is -2.17. The van der Waals surface area contributed by atoms with E-state index in [0.29, 0.717) is 23.7 Å². The lowest BCUT2D eigenvalue weighted by molar-refractivity contribution is -0.133. The molecule has 0 spiro atoms. The Kier molecular flexibility index (Phi) is 11.1. The monoisotopic (exact) mass is 469 g/mol. The number of rotatable bonds is 14. The zero-order valence-electron chi connectivity index (χ0n) is 21.0. The molecule has 1 aromatic carbocycles. The smallest absolute Gasteiger partial charge is 0.332 e. The van der Waals surface area contributed by atoms with Crippen LogP contribution in [0.4, 0.5) is 0 Å². The van der Waals surface area contributed by atoms with E-state index < -0.39 is 11.4 Å². The molecule has 0 amide bonds. The molecule has 2 aromatic rings. The normalized spacial score (nSPS) is 12.0. The van der Waals surface area contributed by atoms with Crippen LogP contribution < -0.4 is 9.47 Å². The minimum absolute atomic E-state index is 0.211. The fourth-order valence-electron chi connectivity index (χ4n) is 3.67. The first-order valence-electron chi connectivity index (χ1n) is 12.1. The highest BCUT2D eigenvalue weighted by molar-refractivity contribution is 5.93. The number of carboxylic acids is 1. The molecular formula is C28H39NO5. The molecule has 1 aromatic heterocycles. The van der Waals surface area contributed by atoms with Crippen molar-refractivity contribution in [2.75, 3.05) is 13.7 Å². The lowest BCUT2D eigenvalue weighted by atomic mass is 9.85. The van der Waals surface area contributed by atoms with Crippen LogP contribution in [0.25, 0.3) is 6.08 Å². The molecule has 2 rings (SSSR count). The van der Waals surface area contributed by atoms with E-state index in [1.807, 2.05) is 32.9 Å². The van der Waals surface area contributed by atoms with Gasteiger partial charge in [0.2, 0.25) is 0 Å². The summed E-state index contributed by atoms with van der Waals surface area (Å²) in [6.07, 6.45) is 9.40. The predicted octanol–water partition coefficient (Wildman–Crippen LogP) is 6.06. The maximum Gasteiger partial charge on any atom is 0.332 e. The van der Waals surface area contributed by atoms with Crippen LogP contribution in [-0.4, -0.2) is 34.9 Å². The number of aliphatic carboxylic acids is 1. The van der Waals surface area contributed by atoms with Gasteiger partial charge in [-0.3, -0.25) is 0 Å². The zero-order chi connectivity index (χ0) is 25.0. The number of pyridine rings is 1. The van der Waals surface area contributed by atoms with Gasteiger partial charge in [-0.05, 0) is 60.6 Å². The van der Waals surface area contributed by atoms with Crippen molar-refractivity contribution in [3.63, 3.8) is 0 Å². The number of carboxylic acid groups (broad SMARTS) is 1. The molecule has 0 aliphatic rings. The van der Waals surface area contributed by atoms with Crippen LogP contribution in [0.1, 0.15) is 76.2 Å². The van der Waals surface area contributed by atoms with Crippen LogP contribution in [0, 0.1) is 5.41 Å². The summed E-state index contributed by atoms with van der Waals surface area (Å²) in [5, 5.41) is 19.0. The number of nitrogens with zero attached hydrogens (tertiary/aromatic N) is 1. The maximum atomic E-state index is 11.7. The van der Waals surface area contributed by atoms with Gasteiger partial charge in [0.25, 0.3) is 0 Å². The summed E-state index contributed by atoms with van der Waals surface area (Å²) in [4.78, 5) is 16.1. The van der Waals surface area contributed by atoms with Crippen LogP contribution in [0.5, 0.6) is 11.5 Å². The molecule has 34 heavy (non-hydrogen) atoms. The zero-order valence-corrected chi connectivity index (χ0v) is 21.0. The van der Waals surface area contributed by atoms with Gasteiger partial charge in [0.1, 0.15) is 17.2 Å². The molecule has 0 aliphatic carbocycles. The van der Waals surface area contributed by atoms with Crippen molar-refractivity contribution >= 4 is 12.0 Å². The summed E-state index contributed by atoms with van der Waals surface area (Å²) in [5.74, 6) is 0.451. The van der Waals surface area contributed by atoms with E-state index in [9.17, 15) is 15.0 Å². The Labute approximate surface area is 203 Å². The summed E-state index contributed by atoms with van der Waals surface area (Å²) < 4.78 is 11.1. The third kappa shape index (κ3) is 9.18. The molecule has 6 heteroatoms. The fraction of sp³-hybridized carbons (Fsp3) is 0.500. The number of methoxy groups -OCH3 is 1. The van der Waals surface area contributed by atoms with Crippen molar-refractivity contribution in [3.8, 4) is 11.5 Å². The summed E-state index contributed by atoms with van der Waals surface area (Å²) >= 11 is 0. The molecule has 0 aliphatic heterocycles. The van der Waals surface area contributed by atoms with Gasteiger partial charge >= 0.3 is 5.97 Å². The predicted molar refractivity (Wildman–Crippen MR) is 135 cm³/mol. The fourth-order valence-corrected chi connectivity index (χ4v) is 3.67. The van der Waals surface area contributed by atoms with E-state index in [4.69, 9.17) is 9.47 Å². The van der Waals surface area contributed by atoms with Gasteiger partial charge in [-0.1, -0.05) is 58.6 Å². The van der Waals surface area contributed by atoms with Crippen molar-refractivity contribution in [3.05, 3.63) is 58.9 Å². The second-order valence-electron chi connectivity index (χ2n) is 9.53. The van der Waals surface area contributed by atoms with Crippen molar-refractivity contribution in [2.24, 2.45) is 5.41 Å². The lowest BCUT2D eigenvalue weighted by Gasteiger charge is -2.20. The quantitative estimate of drug-likeness (QED) is 0.258. The van der Waals surface area contributed by atoms with Crippen molar-refractivity contribution in [1.29, 1.82) is 0 Å². The van der Waals surface area contributed by atoms with E-state index in [0.717, 1.165) is 31.4 Å². The average molecular weight is 470 g/mol. The van der Waals surface area contributed by atoms with Gasteiger partial charge in [0.15, 0.2) is 0 Å². The third-order valence-corrected chi connectivity index (χ3v) is 5.70. The average Bonchev–Trinajstić information content (AvgIpc) is 2.81. The molecule has 0 atom stereocenters. The maximum absolute atomic E-state index is 11.7. The summed E-state index contributed by atoms with van der Waals surface area (Å²) in [7, 11) is 1.68. The van der Waals surface area contributed by atoms with Gasteiger partial charge in [-0.2, -0.15) is 0 Å². The topological polar surface area (TPSA) is 88.9 Å². The molecule has 0 bridgehead atoms. The third-order valence-electron chi connectivity index (χ3n) is 5.70. The molecular weight excluding hydrogens is 430 g/mol. The minimum atomic E-state index is -0.985. The largest absolute Gasteiger partial charge is 0.497 e. The Bertz CT molecular complexity index is 929. The van der Waals surface area contributed by atoms with Gasteiger partial charge in [-0.25, -0.2) is 9.78 Å². The van der Waals surface area contributed by atoms with Gasteiger partial charge in [-0.15, -0.1) is 0 Å². The number of unbranched alkanes of at least 4 members (excludes halogenated alkanes) is 5. The second-order valence-corrected chi connectivity index (χ2v) is 9.53. The van der Waals surface area contributed by atoms with Crippen LogP contribution >= 0.6 is 0 Å². The first kappa shape index (κ1) is 27.4. The van der Waals surface area contributed by atoms with Gasteiger partial charge in [0.05, 0.1) is 26.0 Å². The second kappa shape index (κ2) is 13.8. The standard InChI is InChI=1S/C28H39NO5/c1-28(2,3)24(27(31)32)19-25-26(17-14-22(20-30)29-25)34-18-10-8-6-5-7-9-11-21-12-15-23(33-4)16-13-21/h12-17,19,30H,5-11,18,20H2,1-4H3,(H,31,32).